The minimum atomic E-state index is 0.496. The SMILES string of the molecule is CCCNC(COCC)C1CC2CCC1O2. The molecule has 2 aliphatic heterocycles. The van der Waals surface area contributed by atoms with Crippen molar-refractivity contribution in [2.24, 2.45) is 5.92 Å². The molecule has 3 heteroatoms. The molecule has 0 radical (unpaired) electrons. The number of hydrogen-bond acceptors (Lipinski definition) is 3. The highest BCUT2D eigenvalue weighted by Crippen LogP contribution is 2.40. The van der Waals surface area contributed by atoms with E-state index in [-0.39, 0.29) is 0 Å². The summed E-state index contributed by atoms with van der Waals surface area (Å²) in [5.74, 6) is 0.678. The molecule has 0 saturated carbocycles. The second-order valence-corrected chi connectivity index (χ2v) is 4.99. The van der Waals surface area contributed by atoms with Gasteiger partial charge in [0.2, 0.25) is 0 Å². The van der Waals surface area contributed by atoms with Crippen molar-refractivity contribution in [2.75, 3.05) is 19.8 Å². The number of nitrogens with one attached hydrogen (secondary N) is 1. The molecule has 2 aliphatic rings. The fraction of sp³-hybridized carbons (Fsp3) is 1.00. The Bertz CT molecular complexity index is 202. The summed E-state index contributed by atoms with van der Waals surface area (Å²) in [6.45, 7) is 7.02. The second-order valence-electron chi connectivity index (χ2n) is 4.99. The maximum Gasteiger partial charge on any atom is 0.0624 e. The van der Waals surface area contributed by atoms with E-state index in [9.17, 15) is 0 Å². The number of fused-ring (bicyclic) bond motifs is 2. The lowest BCUT2D eigenvalue weighted by Gasteiger charge is -2.29. The molecule has 0 aliphatic carbocycles. The lowest BCUT2D eigenvalue weighted by atomic mass is 9.84. The van der Waals surface area contributed by atoms with Crippen LogP contribution >= 0.6 is 0 Å². The first-order valence-corrected chi connectivity index (χ1v) is 6.81. The van der Waals surface area contributed by atoms with E-state index in [0.717, 1.165) is 19.8 Å². The van der Waals surface area contributed by atoms with Crippen molar-refractivity contribution in [2.45, 2.75) is 57.8 Å². The summed E-state index contributed by atoms with van der Waals surface area (Å²) in [6, 6.07) is 0.496. The van der Waals surface area contributed by atoms with Crippen molar-refractivity contribution in [3.63, 3.8) is 0 Å². The molecule has 2 heterocycles. The van der Waals surface area contributed by atoms with Gasteiger partial charge in [-0.25, -0.2) is 0 Å². The lowest BCUT2D eigenvalue weighted by molar-refractivity contribution is 0.0610. The molecular formula is C13H25NO2. The van der Waals surface area contributed by atoms with Crippen LogP contribution in [-0.2, 0) is 9.47 Å². The van der Waals surface area contributed by atoms with Crippen LogP contribution in [0.5, 0.6) is 0 Å². The Labute approximate surface area is 98.9 Å². The standard InChI is InChI=1S/C13H25NO2/c1-3-7-14-12(9-15-4-2)11-8-10-5-6-13(11)16-10/h10-14H,3-9H2,1-2H3. The Balaban J connectivity index is 1.84. The molecule has 2 bridgehead atoms. The average molecular weight is 227 g/mol. The van der Waals surface area contributed by atoms with E-state index >= 15 is 0 Å². The highest BCUT2D eigenvalue weighted by atomic mass is 16.5. The number of ether oxygens (including phenoxy) is 2. The van der Waals surface area contributed by atoms with Crippen molar-refractivity contribution >= 4 is 0 Å². The molecule has 0 amide bonds. The smallest absolute Gasteiger partial charge is 0.0624 e. The summed E-state index contributed by atoms with van der Waals surface area (Å²) in [4.78, 5) is 0. The number of rotatable bonds is 7. The topological polar surface area (TPSA) is 30.5 Å². The van der Waals surface area contributed by atoms with Gasteiger partial charge < -0.3 is 14.8 Å². The predicted octanol–water partition coefficient (Wildman–Crippen LogP) is 1.96. The van der Waals surface area contributed by atoms with E-state index < -0.39 is 0 Å². The van der Waals surface area contributed by atoms with Gasteiger partial charge in [-0.15, -0.1) is 0 Å². The van der Waals surface area contributed by atoms with Gasteiger partial charge >= 0.3 is 0 Å². The zero-order valence-corrected chi connectivity index (χ0v) is 10.6. The van der Waals surface area contributed by atoms with Gasteiger partial charge in [0.1, 0.15) is 0 Å². The third-order valence-electron chi connectivity index (χ3n) is 3.83. The quantitative estimate of drug-likeness (QED) is 0.721. The van der Waals surface area contributed by atoms with Crippen LogP contribution in [0.2, 0.25) is 0 Å². The fourth-order valence-electron chi connectivity index (χ4n) is 3.01. The van der Waals surface area contributed by atoms with Gasteiger partial charge in [0.05, 0.1) is 18.8 Å². The highest BCUT2D eigenvalue weighted by molar-refractivity contribution is 4.95. The van der Waals surface area contributed by atoms with E-state index in [0.29, 0.717) is 24.2 Å². The molecule has 4 unspecified atom stereocenters. The van der Waals surface area contributed by atoms with Gasteiger partial charge in [0.15, 0.2) is 0 Å². The minimum absolute atomic E-state index is 0.496. The zero-order chi connectivity index (χ0) is 11.4. The Hall–Kier alpha value is -0.120. The van der Waals surface area contributed by atoms with Crippen LogP contribution < -0.4 is 5.32 Å². The van der Waals surface area contributed by atoms with Crippen molar-refractivity contribution in [3.8, 4) is 0 Å². The van der Waals surface area contributed by atoms with E-state index in [2.05, 4.69) is 19.2 Å². The van der Waals surface area contributed by atoms with Crippen molar-refractivity contribution in [3.05, 3.63) is 0 Å². The molecule has 0 spiro atoms. The first-order chi connectivity index (χ1) is 7.85. The van der Waals surface area contributed by atoms with Crippen LogP contribution in [0.1, 0.15) is 39.5 Å². The molecule has 0 aromatic rings. The first-order valence-electron chi connectivity index (χ1n) is 6.81. The largest absolute Gasteiger partial charge is 0.380 e. The summed E-state index contributed by atoms with van der Waals surface area (Å²) < 4.78 is 11.5. The van der Waals surface area contributed by atoms with E-state index in [1.54, 1.807) is 0 Å². The predicted molar refractivity (Wildman–Crippen MR) is 64.6 cm³/mol. The van der Waals surface area contributed by atoms with E-state index in [1.807, 2.05) is 0 Å². The second kappa shape index (κ2) is 5.99. The lowest BCUT2D eigenvalue weighted by Crippen LogP contribution is -2.44. The fourth-order valence-corrected chi connectivity index (χ4v) is 3.01. The van der Waals surface area contributed by atoms with E-state index in [4.69, 9.17) is 9.47 Å². The van der Waals surface area contributed by atoms with Crippen LogP contribution in [0.25, 0.3) is 0 Å². The normalized spacial score (nSPS) is 34.5. The molecule has 3 nitrogen and oxygen atoms in total. The maximum absolute atomic E-state index is 5.93. The molecule has 94 valence electrons. The summed E-state index contributed by atoms with van der Waals surface area (Å²) in [7, 11) is 0. The van der Waals surface area contributed by atoms with Crippen LogP contribution in [0.15, 0.2) is 0 Å². The molecular weight excluding hydrogens is 202 g/mol. The molecule has 1 N–H and O–H groups in total. The summed E-state index contributed by atoms with van der Waals surface area (Å²) in [6.07, 6.45) is 5.99. The number of hydrogen-bond donors (Lipinski definition) is 1. The van der Waals surface area contributed by atoms with Gasteiger partial charge in [-0.2, -0.15) is 0 Å². The van der Waals surface area contributed by atoms with Crippen LogP contribution in [-0.4, -0.2) is 38.0 Å². The highest BCUT2D eigenvalue weighted by Gasteiger charge is 2.44. The van der Waals surface area contributed by atoms with E-state index in [1.165, 1.54) is 25.7 Å². The van der Waals surface area contributed by atoms with Gasteiger partial charge in [-0.1, -0.05) is 6.92 Å². The summed E-state index contributed by atoms with van der Waals surface area (Å²) >= 11 is 0. The Morgan fingerprint density at radius 3 is 2.81 bits per heavy atom. The third kappa shape index (κ3) is 2.76. The van der Waals surface area contributed by atoms with Gasteiger partial charge in [0, 0.05) is 18.6 Å². The molecule has 2 saturated heterocycles. The molecule has 2 rings (SSSR count). The van der Waals surface area contributed by atoms with Crippen LogP contribution in [0.4, 0.5) is 0 Å². The van der Waals surface area contributed by atoms with Crippen LogP contribution in [0.3, 0.4) is 0 Å². The molecule has 16 heavy (non-hydrogen) atoms. The summed E-state index contributed by atoms with van der Waals surface area (Å²) in [5, 5.41) is 3.63. The third-order valence-corrected chi connectivity index (χ3v) is 3.83. The van der Waals surface area contributed by atoms with Gasteiger partial charge in [-0.3, -0.25) is 0 Å². The Morgan fingerprint density at radius 1 is 1.38 bits per heavy atom. The van der Waals surface area contributed by atoms with Crippen molar-refractivity contribution < 1.29 is 9.47 Å². The van der Waals surface area contributed by atoms with Gasteiger partial charge in [0.25, 0.3) is 0 Å². The maximum atomic E-state index is 5.93. The molecule has 4 atom stereocenters. The molecule has 0 aromatic heterocycles. The Morgan fingerprint density at radius 2 is 2.25 bits per heavy atom. The molecule has 2 fully saturated rings. The molecule has 0 aromatic carbocycles. The summed E-state index contributed by atoms with van der Waals surface area (Å²) in [5.41, 5.74) is 0. The Kier molecular flexibility index (Phi) is 4.62. The average Bonchev–Trinajstić information content (AvgIpc) is 2.91. The zero-order valence-electron chi connectivity index (χ0n) is 10.6. The van der Waals surface area contributed by atoms with Crippen molar-refractivity contribution in [1.29, 1.82) is 0 Å². The van der Waals surface area contributed by atoms with Crippen LogP contribution in [0, 0.1) is 5.92 Å². The minimum Gasteiger partial charge on any atom is -0.380 e. The van der Waals surface area contributed by atoms with Gasteiger partial charge in [-0.05, 0) is 39.2 Å². The monoisotopic (exact) mass is 227 g/mol. The first kappa shape index (κ1) is 12.3. The van der Waals surface area contributed by atoms with Crippen molar-refractivity contribution in [1.82, 2.24) is 5.32 Å².